The molecule has 0 radical (unpaired) electrons. The topological polar surface area (TPSA) is 130 Å². The van der Waals surface area contributed by atoms with E-state index < -0.39 is 18.2 Å². The van der Waals surface area contributed by atoms with Crippen molar-refractivity contribution in [1.29, 1.82) is 0 Å². The summed E-state index contributed by atoms with van der Waals surface area (Å²) in [6, 6.07) is 18.9. The fraction of sp³-hybridized carbons (Fsp3) is 0.312. The maximum atomic E-state index is 13.6. The third kappa shape index (κ3) is 5.58. The van der Waals surface area contributed by atoms with E-state index in [9.17, 15) is 14.7 Å². The average Bonchev–Trinajstić information content (AvgIpc) is 3.66. The molecule has 10 nitrogen and oxygen atoms in total. The lowest BCUT2D eigenvalue weighted by Crippen LogP contribution is -2.41. The molecule has 0 spiro atoms. The first kappa shape index (κ1) is 27.5. The number of nitrogens with one attached hydrogen (secondary N) is 1. The highest BCUT2D eigenvalue weighted by Crippen LogP contribution is 2.35. The Morgan fingerprint density at radius 1 is 0.905 bits per heavy atom. The van der Waals surface area contributed by atoms with Crippen LogP contribution in [0.1, 0.15) is 47.3 Å². The number of amides is 2. The average molecular weight is 566 g/mol. The van der Waals surface area contributed by atoms with Gasteiger partial charge in [-0.25, -0.2) is 9.78 Å². The van der Waals surface area contributed by atoms with Crippen molar-refractivity contribution in [2.45, 2.75) is 37.4 Å². The number of anilines is 1. The Bertz CT molecular complexity index is 1580. The van der Waals surface area contributed by atoms with E-state index >= 15 is 0 Å². The van der Waals surface area contributed by atoms with Crippen LogP contribution >= 0.6 is 0 Å². The van der Waals surface area contributed by atoms with E-state index in [0.717, 1.165) is 53.7 Å². The molecule has 216 valence electrons. The molecule has 10 heteroatoms. The van der Waals surface area contributed by atoms with Crippen molar-refractivity contribution in [3.63, 3.8) is 0 Å². The maximum Gasteiger partial charge on any atom is 0.407 e. The van der Waals surface area contributed by atoms with Gasteiger partial charge in [-0.2, -0.15) is 5.10 Å². The number of piperidine rings is 1. The van der Waals surface area contributed by atoms with Crippen LogP contribution in [0.2, 0.25) is 0 Å². The fourth-order valence-electron chi connectivity index (χ4n) is 6.11. The van der Waals surface area contributed by atoms with Gasteiger partial charge in [-0.05, 0) is 68.2 Å². The first-order valence-electron chi connectivity index (χ1n) is 14.3. The van der Waals surface area contributed by atoms with Gasteiger partial charge in [-0.3, -0.25) is 14.4 Å². The van der Waals surface area contributed by atoms with E-state index in [1.165, 1.54) is 4.90 Å². The SMILES string of the molecule is CN1CCC(n2cc(-c3cnc(N)c(C(=O)NC4CCN(C(=O)O)C4c4cccc(-c5ccccc5)c4)c3)cn2)CC1. The lowest BCUT2D eigenvalue weighted by molar-refractivity contribution is 0.0919. The molecule has 2 amide bonds. The van der Waals surface area contributed by atoms with Gasteiger partial charge in [0.05, 0.1) is 29.9 Å². The number of hydrogen-bond donors (Lipinski definition) is 3. The third-order valence-electron chi connectivity index (χ3n) is 8.46. The summed E-state index contributed by atoms with van der Waals surface area (Å²) < 4.78 is 2.01. The van der Waals surface area contributed by atoms with Crippen LogP contribution in [0.15, 0.2) is 79.3 Å². The minimum atomic E-state index is -1.02. The van der Waals surface area contributed by atoms with Crippen molar-refractivity contribution in [3.05, 3.63) is 90.4 Å². The molecule has 2 unspecified atom stereocenters. The van der Waals surface area contributed by atoms with E-state index in [1.807, 2.05) is 65.5 Å². The number of carbonyl (C=O) groups is 2. The number of rotatable bonds is 6. The predicted octanol–water partition coefficient (Wildman–Crippen LogP) is 4.68. The molecule has 2 saturated heterocycles. The molecule has 0 aliphatic carbocycles. The van der Waals surface area contributed by atoms with Crippen molar-refractivity contribution in [3.8, 4) is 22.3 Å². The van der Waals surface area contributed by atoms with Gasteiger partial charge in [0.1, 0.15) is 5.82 Å². The van der Waals surface area contributed by atoms with Crippen LogP contribution < -0.4 is 11.1 Å². The van der Waals surface area contributed by atoms with Gasteiger partial charge >= 0.3 is 6.09 Å². The molecule has 2 fully saturated rings. The quantitative estimate of drug-likeness (QED) is 0.309. The smallest absolute Gasteiger partial charge is 0.407 e. The van der Waals surface area contributed by atoms with Crippen LogP contribution in [-0.2, 0) is 0 Å². The fourth-order valence-corrected chi connectivity index (χ4v) is 6.11. The van der Waals surface area contributed by atoms with Gasteiger partial charge in [0.25, 0.3) is 5.91 Å². The summed E-state index contributed by atoms with van der Waals surface area (Å²) in [5.74, 6) is -0.263. The highest BCUT2D eigenvalue weighted by Gasteiger charge is 2.39. The van der Waals surface area contributed by atoms with Crippen LogP contribution in [0, 0.1) is 0 Å². The Morgan fingerprint density at radius 2 is 1.67 bits per heavy atom. The van der Waals surface area contributed by atoms with Gasteiger partial charge in [-0.1, -0.05) is 48.5 Å². The summed E-state index contributed by atoms with van der Waals surface area (Å²) in [5.41, 5.74) is 10.9. The van der Waals surface area contributed by atoms with Crippen LogP contribution in [0.3, 0.4) is 0 Å². The second-order valence-corrected chi connectivity index (χ2v) is 11.2. The summed E-state index contributed by atoms with van der Waals surface area (Å²) in [7, 11) is 2.13. The number of aromatic nitrogens is 3. The lowest BCUT2D eigenvalue weighted by atomic mass is 9.95. The molecule has 0 bridgehead atoms. The molecule has 4 heterocycles. The number of hydrogen-bond acceptors (Lipinski definition) is 6. The molecule has 2 atom stereocenters. The van der Waals surface area contributed by atoms with E-state index in [0.29, 0.717) is 19.0 Å². The number of benzene rings is 2. The molecule has 42 heavy (non-hydrogen) atoms. The zero-order valence-corrected chi connectivity index (χ0v) is 23.6. The minimum Gasteiger partial charge on any atom is -0.465 e. The molecule has 2 aliphatic heterocycles. The molecular weight excluding hydrogens is 530 g/mol. The number of carbonyl (C=O) groups excluding carboxylic acids is 1. The van der Waals surface area contributed by atoms with Crippen molar-refractivity contribution >= 4 is 17.8 Å². The Morgan fingerprint density at radius 3 is 2.43 bits per heavy atom. The first-order valence-corrected chi connectivity index (χ1v) is 14.3. The lowest BCUT2D eigenvalue weighted by Gasteiger charge is -2.28. The minimum absolute atomic E-state index is 0.120. The monoisotopic (exact) mass is 565 g/mol. The van der Waals surface area contributed by atoms with Crippen molar-refractivity contribution < 1.29 is 14.7 Å². The Kier molecular flexibility index (Phi) is 7.62. The Labute approximate surface area is 244 Å². The molecule has 4 aromatic rings. The summed E-state index contributed by atoms with van der Waals surface area (Å²) in [4.78, 5) is 33.8. The summed E-state index contributed by atoms with van der Waals surface area (Å²) >= 11 is 0. The van der Waals surface area contributed by atoms with E-state index in [2.05, 4.69) is 27.3 Å². The first-order chi connectivity index (χ1) is 20.4. The van der Waals surface area contributed by atoms with Crippen LogP contribution in [0.5, 0.6) is 0 Å². The predicted molar refractivity (Wildman–Crippen MR) is 161 cm³/mol. The molecule has 2 aliphatic rings. The molecule has 2 aromatic carbocycles. The van der Waals surface area contributed by atoms with Crippen molar-refractivity contribution in [1.82, 2.24) is 29.9 Å². The second kappa shape index (κ2) is 11.7. The third-order valence-corrected chi connectivity index (χ3v) is 8.46. The Hall–Kier alpha value is -4.70. The molecule has 4 N–H and O–H groups in total. The molecular formula is C32H35N7O3. The van der Waals surface area contributed by atoms with E-state index in [4.69, 9.17) is 5.73 Å². The maximum absolute atomic E-state index is 13.6. The molecule has 6 rings (SSSR count). The highest BCUT2D eigenvalue weighted by molar-refractivity contribution is 5.99. The van der Waals surface area contributed by atoms with Gasteiger partial charge in [0.15, 0.2) is 0 Å². The van der Waals surface area contributed by atoms with E-state index in [1.54, 1.807) is 18.5 Å². The number of nitrogens with zero attached hydrogens (tertiary/aromatic N) is 5. The van der Waals surface area contributed by atoms with Gasteiger partial charge in [0, 0.05) is 30.1 Å². The molecule has 2 aromatic heterocycles. The van der Waals surface area contributed by atoms with Gasteiger partial charge in [-0.15, -0.1) is 0 Å². The zero-order valence-electron chi connectivity index (χ0n) is 23.6. The number of carboxylic acid groups (broad SMARTS) is 1. The normalized spacial score (nSPS) is 19.6. The number of nitrogen functional groups attached to an aromatic ring is 1. The van der Waals surface area contributed by atoms with Crippen LogP contribution in [0.4, 0.5) is 10.6 Å². The van der Waals surface area contributed by atoms with Crippen LogP contribution in [-0.4, -0.2) is 74.4 Å². The summed E-state index contributed by atoms with van der Waals surface area (Å²) in [6.07, 6.45) is 6.99. The number of likely N-dealkylation sites (tertiary alicyclic amines) is 2. The summed E-state index contributed by atoms with van der Waals surface area (Å²) in [5, 5.41) is 17.7. The standard InChI is InChI=1S/C32H35N7O3/c1-37-13-10-26(11-14-37)39-20-25(19-35-39)24-17-27(30(33)34-18-24)31(40)36-28-12-15-38(32(41)42)29(28)23-9-5-8-22(16-23)21-6-3-2-4-7-21/h2-9,16-20,26,28-29H,10-15H2,1H3,(H2,33,34)(H,36,40)(H,41,42). The van der Waals surface area contributed by atoms with Crippen molar-refractivity contribution in [2.75, 3.05) is 32.4 Å². The van der Waals surface area contributed by atoms with E-state index in [-0.39, 0.29) is 17.3 Å². The molecule has 0 saturated carbocycles. The largest absolute Gasteiger partial charge is 0.465 e. The number of pyridine rings is 1. The van der Waals surface area contributed by atoms with Gasteiger partial charge in [0.2, 0.25) is 0 Å². The Balaban J connectivity index is 1.24. The number of nitrogens with two attached hydrogens (primary N) is 1. The van der Waals surface area contributed by atoms with Gasteiger partial charge < -0.3 is 21.1 Å². The van der Waals surface area contributed by atoms with Crippen molar-refractivity contribution in [2.24, 2.45) is 0 Å². The highest BCUT2D eigenvalue weighted by atomic mass is 16.4. The van der Waals surface area contributed by atoms with Crippen LogP contribution in [0.25, 0.3) is 22.3 Å². The zero-order chi connectivity index (χ0) is 29.2. The summed E-state index contributed by atoms with van der Waals surface area (Å²) in [6.45, 7) is 2.38. The second-order valence-electron chi connectivity index (χ2n) is 11.2.